The third-order valence-corrected chi connectivity index (χ3v) is 5.39. The molecule has 0 radical (unpaired) electrons. The summed E-state index contributed by atoms with van der Waals surface area (Å²) in [5, 5.41) is 11.2. The number of aromatic nitrogens is 4. The van der Waals surface area contributed by atoms with Crippen molar-refractivity contribution in [3.63, 3.8) is 0 Å². The standard InChI is InChI=1S/C27H29N7O3/c1-6-18-9-20-14-29-27(32-26(20)24(10-18)36-5)31-22-11-19(21-15-30-34(4)16-21)12-23(13-22)37-8-7-28-25(35)17-33(2)3/h1,9-16H,7-8,17H2,2-5H3,(H,28,35)(H,29,31,32). The normalized spacial score (nSPS) is 10.8. The number of rotatable bonds is 10. The van der Waals surface area contributed by atoms with Crippen molar-refractivity contribution >= 4 is 28.4 Å². The lowest BCUT2D eigenvalue weighted by Gasteiger charge is -2.13. The summed E-state index contributed by atoms with van der Waals surface area (Å²) in [4.78, 5) is 22.8. The van der Waals surface area contributed by atoms with Crippen LogP contribution in [0.1, 0.15) is 5.56 Å². The van der Waals surface area contributed by atoms with E-state index >= 15 is 0 Å². The van der Waals surface area contributed by atoms with Gasteiger partial charge in [-0.1, -0.05) is 5.92 Å². The Morgan fingerprint density at radius 2 is 2.00 bits per heavy atom. The summed E-state index contributed by atoms with van der Waals surface area (Å²) in [5.74, 6) is 4.15. The number of hydrogen-bond donors (Lipinski definition) is 2. The number of carbonyl (C=O) groups excluding carboxylic acids is 1. The van der Waals surface area contributed by atoms with E-state index < -0.39 is 0 Å². The van der Waals surface area contributed by atoms with Gasteiger partial charge in [0, 0.05) is 47.7 Å². The monoisotopic (exact) mass is 499 g/mol. The maximum absolute atomic E-state index is 11.9. The van der Waals surface area contributed by atoms with Crippen molar-refractivity contribution in [3.8, 4) is 35.0 Å². The van der Waals surface area contributed by atoms with Gasteiger partial charge in [0.15, 0.2) is 0 Å². The molecule has 2 aromatic heterocycles. The summed E-state index contributed by atoms with van der Waals surface area (Å²) in [7, 11) is 7.13. The minimum Gasteiger partial charge on any atom is -0.494 e. The summed E-state index contributed by atoms with van der Waals surface area (Å²) in [6.45, 7) is 1.03. The topological polar surface area (TPSA) is 106 Å². The number of ether oxygens (including phenoxy) is 2. The second-order valence-electron chi connectivity index (χ2n) is 8.66. The Balaban J connectivity index is 1.58. The number of anilines is 2. The van der Waals surface area contributed by atoms with E-state index in [1.165, 1.54) is 0 Å². The molecule has 0 bridgehead atoms. The molecule has 0 aliphatic carbocycles. The largest absolute Gasteiger partial charge is 0.494 e. The molecule has 0 aliphatic rings. The first kappa shape index (κ1) is 25.5. The van der Waals surface area contributed by atoms with Crippen molar-refractivity contribution < 1.29 is 14.3 Å². The number of aryl methyl sites for hydroxylation is 1. The van der Waals surface area contributed by atoms with Gasteiger partial charge in [0.25, 0.3) is 0 Å². The van der Waals surface area contributed by atoms with Crippen molar-refractivity contribution in [1.82, 2.24) is 30.0 Å². The quantitative estimate of drug-likeness (QED) is 0.253. The number of likely N-dealkylation sites (N-methyl/N-ethyl adjacent to an activating group) is 1. The average Bonchev–Trinajstić information content (AvgIpc) is 3.31. The minimum absolute atomic E-state index is 0.0571. The zero-order valence-electron chi connectivity index (χ0n) is 21.3. The van der Waals surface area contributed by atoms with Gasteiger partial charge in [-0.3, -0.25) is 9.48 Å². The van der Waals surface area contributed by atoms with Crippen LogP contribution in [-0.2, 0) is 11.8 Å². The molecule has 0 saturated heterocycles. The molecular formula is C27H29N7O3. The summed E-state index contributed by atoms with van der Waals surface area (Å²) in [6.07, 6.45) is 11.0. The van der Waals surface area contributed by atoms with E-state index in [-0.39, 0.29) is 5.91 Å². The second-order valence-corrected chi connectivity index (χ2v) is 8.66. The lowest BCUT2D eigenvalue weighted by atomic mass is 10.1. The van der Waals surface area contributed by atoms with Gasteiger partial charge in [0.05, 0.1) is 26.4 Å². The number of benzene rings is 2. The summed E-state index contributed by atoms with van der Waals surface area (Å²) < 4.78 is 13.2. The van der Waals surface area contributed by atoms with E-state index in [0.29, 0.717) is 48.2 Å². The van der Waals surface area contributed by atoms with Gasteiger partial charge in [-0.25, -0.2) is 9.97 Å². The van der Waals surface area contributed by atoms with E-state index in [4.69, 9.17) is 15.9 Å². The van der Waals surface area contributed by atoms with Crippen LogP contribution in [0.3, 0.4) is 0 Å². The molecule has 37 heavy (non-hydrogen) atoms. The highest BCUT2D eigenvalue weighted by Crippen LogP contribution is 2.31. The summed E-state index contributed by atoms with van der Waals surface area (Å²) in [5.41, 5.74) is 3.90. The van der Waals surface area contributed by atoms with E-state index in [1.54, 1.807) is 30.3 Å². The molecule has 2 aromatic carbocycles. The Hall–Kier alpha value is -4.62. The van der Waals surface area contributed by atoms with E-state index in [9.17, 15) is 4.79 Å². The van der Waals surface area contributed by atoms with Gasteiger partial charge < -0.3 is 25.0 Å². The first-order valence-electron chi connectivity index (χ1n) is 11.6. The molecule has 2 N–H and O–H groups in total. The maximum atomic E-state index is 11.9. The molecule has 4 rings (SSSR count). The molecule has 0 saturated carbocycles. The molecular weight excluding hydrogens is 470 g/mol. The molecule has 2 heterocycles. The number of nitrogens with zero attached hydrogens (tertiary/aromatic N) is 5. The van der Waals surface area contributed by atoms with Crippen LogP contribution in [0.15, 0.2) is 48.9 Å². The molecule has 190 valence electrons. The Morgan fingerprint density at radius 1 is 1.16 bits per heavy atom. The highest BCUT2D eigenvalue weighted by Gasteiger charge is 2.11. The fourth-order valence-corrected chi connectivity index (χ4v) is 3.74. The Morgan fingerprint density at radius 3 is 2.70 bits per heavy atom. The van der Waals surface area contributed by atoms with E-state index in [1.807, 2.05) is 56.5 Å². The number of carbonyl (C=O) groups is 1. The zero-order chi connectivity index (χ0) is 26.4. The lowest BCUT2D eigenvalue weighted by Crippen LogP contribution is -2.35. The first-order valence-corrected chi connectivity index (χ1v) is 11.6. The molecule has 10 nitrogen and oxygen atoms in total. The number of terminal acetylenes is 1. The highest BCUT2D eigenvalue weighted by molar-refractivity contribution is 5.86. The third-order valence-electron chi connectivity index (χ3n) is 5.39. The minimum atomic E-state index is -0.0571. The Kier molecular flexibility index (Phi) is 7.86. The molecule has 4 aromatic rings. The van der Waals surface area contributed by atoms with Gasteiger partial charge in [-0.15, -0.1) is 6.42 Å². The van der Waals surface area contributed by atoms with E-state index in [2.05, 4.69) is 31.6 Å². The van der Waals surface area contributed by atoms with Crippen LogP contribution in [0.5, 0.6) is 11.5 Å². The van der Waals surface area contributed by atoms with Crippen LogP contribution < -0.4 is 20.1 Å². The van der Waals surface area contributed by atoms with Crippen LogP contribution in [-0.4, -0.2) is 71.5 Å². The average molecular weight is 500 g/mol. The first-order chi connectivity index (χ1) is 17.8. The van der Waals surface area contributed by atoms with Crippen LogP contribution in [0.25, 0.3) is 22.0 Å². The highest BCUT2D eigenvalue weighted by atomic mass is 16.5. The van der Waals surface area contributed by atoms with Crippen LogP contribution >= 0.6 is 0 Å². The Bertz CT molecular complexity index is 1460. The predicted molar refractivity (Wildman–Crippen MR) is 143 cm³/mol. The van der Waals surface area contributed by atoms with Gasteiger partial charge in [-0.2, -0.15) is 5.10 Å². The molecule has 0 aliphatic heterocycles. The number of nitrogens with one attached hydrogen (secondary N) is 2. The van der Waals surface area contributed by atoms with Crippen LogP contribution in [0, 0.1) is 12.3 Å². The van der Waals surface area contributed by atoms with Crippen LogP contribution in [0.4, 0.5) is 11.6 Å². The molecule has 10 heteroatoms. The maximum Gasteiger partial charge on any atom is 0.234 e. The second kappa shape index (κ2) is 11.4. The molecule has 0 spiro atoms. The molecule has 0 unspecified atom stereocenters. The van der Waals surface area contributed by atoms with Crippen molar-refractivity contribution in [2.24, 2.45) is 7.05 Å². The fraction of sp³-hybridized carbons (Fsp3) is 0.259. The fourth-order valence-electron chi connectivity index (χ4n) is 3.74. The number of amides is 1. The molecule has 1 amide bonds. The Labute approximate surface area is 215 Å². The van der Waals surface area contributed by atoms with Crippen LogP contribution in [0.2, 0.25) is 0 Å². The van der Waals surface area contributed by atoms with Crippen molar-refractivity contribution in [2.45, 2.75) is 0 Å². The SMILES string of the molecule is C#Cc1cc(OC)c2nc(Nc3cc(OCCNC(=O)CN(C)C)cc(-c4cnn(C)c4)c3)ncc2c1. The zero-order valence-corrected chi connectivity index (χ0v) is 21.3. The van der Waals surface area contributed by atoms with Crippen molar-refractivity contribution in [2.75, 3.05) is 46.2 Å². The van der Waals surface area contributed by atoms with Gasteiger partial charge >= 0.3 is 0 Å². The number of fused-ring (bicyclic) bond motifs is 1. The summed E-state index contributed by atoms with van der Waals surface area (Å²) in [6, 6.07) is 9.36. The lowest BCUT2D eigenvalue weighted by molar-refractivity contribution is -0.121. The van der Waals surface area contributed by atoms with Gasteiger partial charge in [-0.05, 0) is 43.9 Å². The smallest absolute Gasteiger partial charge is 0.234 e. The predicted octanol–water partition coefficient (Wildman–Crippen LogP) is 2.82. The number of methoxy groups -OCH3 is 1. The third kappa shape index (κ3) is 6.54. The van der Waals surface area contributed by atoms with Gasteiger partial charge in [0.1, 0.15) is 23.6 Å². The molecule has 0 fully saturated rings. The molecule has 0 atom stereocenters. The van der Waals surface area contributed by atoms with E-state index in [0.717, 1.165) is 22.2 Å². The van der Waals surface area contributed by atoms with Crippen molar-refractivity contribution in [1.29, 1.82) is 0 Å². The number of hydrogen-bond acceptors (Lipinski definition) is 8. The summed E-state index contributed by atoms with van der Waals surface area (Å²) >= 11 is 0. The van der Waals surface area contributed by atoms with Crippen molar-refractivity contribution in [3.05, 3.63) is 54.5 Å². The van der Waals surface area contributed by atoms with Gasteiger partial charge in [0.2, 0.25) is 11.9 Å².